The maximum Gasteiger partial charge on any atom is 0.330 e. The van der Waals surface area contributed by atoms with Gasteiger partial charge in [-0.2, -0.15) is 0 Å². The lowest BCUT2D eigenvalue weighted by Gasteiger charge is -1.87. The second-order valence-corrected chi connectivity index (χ2v) is 1.56. The van der Waals surface area contributed by atoms with Gasteiger partial charge in [-0.05, 0) is 6.08 Å². The van der Waals surface area contributed by atoms with E-state index in [1.54, 1.807) is 0 Å². The van der Waals surface area contributed by atoms with E-state index in [2.05, 4.69) is 4.74 Å². The van der Waals surface area contributed by atoms with Gasteiger partial charge in [-0.1, -0.05) is 12.2 Å². The first-order valence-corrected chi connectivity index (χ1v) is 2.80. The Labute approximate surface area is 63.8 Å². The van der Waals surface area contributed by atoms with Gasteiger partial charge >= 0.3 is 5.97 Å². The normalized spacial score (nSPS) is 10.6. The van der Waals surface area contributed by atoms with E-state index in [-0.39, 0.29) is 0 Å². The van der Waals surface area contributed by atoms with E-state index >= 15 is 0 Å². The summed E-state index contributed by atoms with van der Waals surface area (Å²) in [5, 5.41) is 9.77. The molecule has 0 aliphatic heterocycles. The summed E-state index contributed by atoms with van der Waals surface area (Å²) in [7, 11) is 1.23. The molecule has 11 heavy (non-hydrogen) atoms. The molecule has 0 N–H and O–H groups in total. The maximum absolute atomic E-state index is 10.4. The number of allylic oxidation sites excluding steroid dienone is 2. The Morgan fingerprint density at radius 1 is 1.27 bits per heavy atom. The number of carbonyl (C=O) groups excluding carboxylic acids is 2. The first kappa shape index (κ1) is 9.42. The van der Waals surface area contributed by atoms with Crippen LogP contribution in [0.25, 0.3) is 0 Å². The van der Waals surface area contributed by atoms with Crippen molar-refractivity contribution in [3.8, 4) is 0 Å². The number of esters is 1. The van der Waals surface area contributed by atoms with Gasteiger partial charge in [-0.15, -0.1) is 0 Å². The predicted molar refractivity (Wildman–Crippen MR) is 35.3 cm³/mol. The van der Waals surface area contributed by atoms with Crippen LogP contribution in [0.15, 0.2) is 24.3 Å². The molecule has 0 saturated carbocycles. The van der Waals surface area contributed by atoms with Crippen LogP contribution in [0, 0.1) is 0 Å². The van der Waals surface area contributed by atoms with E-state index in [1.165, 1.54) is 19.3 Å². The minimum atomic E-state index is -1.31. The highest BCUT2D eigenvalue weighted by Crippen LogP contribution is 1.79. The molecule has 0 rings (SSSR count). The number of aliphatic carboxylic acids is 1. The third kappa shape index (κ3) is 6.30. The Kier molecular flexibility index (Phi) is 4.47. The van der Waals surface area contributed by atoms with E-state index in [0.29, 0.717) is 0 Å². The fourth-order valence-electron chi connectivity index (χ4n) is 0.336. The standard InChI is InChI=1S/C7H8O4/c1-11-7(10)5-3-2-4-6(8)9/h2-5H,1H3,(H,8,9)/p-1. The molecule has 0 aromatic carbocycles. The van der Waals surface area contributed by atoms with E-state index in [0.717, 1.165) is 12.2 Å². The second-order valence-electron chi connectivity index (χ2n) is 1.56. The van der Waals surface area contributed by atoms with Crippen molar-refractivity contribution in [1.29, 1.82) is 0 Å². The minimum Gasteiger partial charge on any atom is -0.545 e. The van der Waals surface area contributed by atoms with Gasteiger partial charge in [0, 0.05) is 6.08 Å². The zero-order chi connectivity index (χ0) is 8.69. The number of ether oxygens (including phenoxy) is 1. The van der Waals surface area contributed by atoms with Crippen LogP contribution in [0.4, 0.5) is 0 Å². The van der Waals surface area contributed by atoms with Gasteiger partial charge in [0.2, 0.25) is 0 Å². The highest BCUT2D eigenvalue weighted by molar-refractivity contribution is 5.83. The van der Waals surface area contributed by atoms with Gasteiger partial charge in [0.25, 0.3) is 0 Å². The van der Waals surface area contributed by atoms with Crippen molar-refractivity contribution < 1.29 is 19.4 Å². The van der Waals surface area contributed by atoms with Crippen LogP contribution in [-0.2, 0) is 14.3 Å². The molecule has 0 spiro atoms. The molecule has 4 heteroatoms. The number of carbonyl (C=O) groups is 2. The summed E-state index contributed by atoms with van der Waals surface area (Å²) in [6.07, 6.45) is 4.33. The average molecular weight is 155 g/mol. The third-order valence-electron chi connectivity index (χ3n) is 0.777. The number of hydrogen-bond donors (Lipinski definition) is 0. The second kappa shape index (κ2) is 5.22. The van der Waals surface area contributed by atoms with Crippen LogP contribution in [0.3, 0.4) is 0 Å². The number of hydrogen-bond acceptors (Lipinski definition) is 4. The quantitative estimate of drug-likeness (QED) is 0.298. The largest absolute Gasteiger partial charge is 0.545 e. The van der Waals surface area contributed by atoms with Gasteiger partial charge < -0.3 is 14.6 Å². The Morgan fingerprint density at radius 2 is 1.82 bits per heavy atom. The first-order valence-electron chi connectivity index (χ1n) is 2.80. The molecular weight excluding hydrogens is 148 g/mol. The van der Waals surface area contributed by atoms with Gasteiger partial charge in [0.1, 0.15) is 0 Å². The molecule has 0 heterocycles. The van der Waals surface area contributed by atoms with Crippen LogP contribution in [-0.4, -0.2) is 19.0 Å². The first-order chi connectivity index (χ1) is 5.16. The molecule has 0 atom stereocenters. The smallest absolute Gasteiger partial charge is 0.330 e. The lowest BCUT2D eigenvalue weighted by molar-refractivity contribution is -0.297. The van der Waals surface area contributed by atoms with Gasteiger partial charge in [-0.25, -0.2) is 4.79 Å². The van der Waals surface area contributed by atoms with Crippen LogP contribution in [0.5, 0.6) is 0 Å². The molecule has 0 bridgehead atoms. The average Bonchev–Trinajstić information content (AvgIpc) is 1.97. The van der Waals surface area contributed by atoms with Crippen molar-refractivity contribution in [3.63, 3.8) is 0 Å². The molecular formula is C7H7O4-. The molecule has 0 aliphatic carbocycles. The lowest BCUT2D eigenvalue weighted by Crippen LogP contribution is -2.18. The molecule has 60 valence electrons. The van der Waals surface area contributed by atoms with E-state index < -0.39 is 11.9 Å². The number of methoxy groups -OCH3 is 1. The fourth-order valence-corrected chi connectivity index (χ4v) is 0.336. The Morgan fingerprint density at radius 3 is 2.27 bits per heavy atom. The Bertz CT molecular complexity index is 202. The topological polar surface area (TPSA) is 66.4 Å². The summed E-state index contributed by atoms with van der Waals surface area (Å²) in [5.41, 5.74) is 0. The molecule has 0 unspecified atom stereocenters. The van der Waals surface area contributed by atoms with E-state index in [9.17, 15) is 14.7 Å². The summed E-state index contributed by atoms with van der Waals surface area (Å²) in [6, 6.07) is 0. The van der Waals surface area contributed by atoms with Gasteiger partial charge in [-0.3, -0.25) is 0 Å². The maximum atomic E-state index is 10.4. The lowest BCUT2D eigenvalue weighted by atomic mass is 10.4. The Balaban J connectivity index is 3.77. The number of rotatable bonds is 3. The summed E-state index contributed by atoms with van der Waals surface area (Å²) in [5.74, 6) is -1.84. The zero-order valence-corrected chi connectivity index (χ0v) is 5.94. The van der Waals surface area contributed by atoms with Crippen molar-refractivity contribution >= 4 is 11.9 Å². The van der Waals surface area contributed by atoms with Crippen molar-refractivity contribution in [2.75, 3.05) is 7.11 Å². The Hall–Kier alpha value is -1.58. The molecule has 0 amide bonds. The summed E-state index contributed by atoms with van der Waals surface area (Å²) < 4.78 is 4.23. The fraction of sp³-hybridized carbons (Fsp3) is 0.143. The number of carboxylic acid groups (broad SMARTS) is 1. The van der Waals surface area contributed by atoms with Crippen molar-refractivity contribution in [3.05, 3.63) is 24.3 Å². The predicted octanol–water partition coefficient (Wildman–Crippen LogP) is -0.978. The van der Waals surface area contributed by atoms with Crippen LogP contribution in [0.1, 0.15) is 0 Å². The summed E-state index contributed by atoms with van der Waals surface area (Å²) >= 11 is 0. The highest BCUT2D eigenvalue weighted by Gasteiger charge is 1.85. The third-order valence-corrected chi connectivity index (χ3v) is 0.777. The molecule has 0 fully saturated rings. The minimum absolute atomic E-state index is 0.534. The van der Waals surface area contributed by atoms with Crippen LogP contribution >= 0.6 is 0 Å². The van der Waals surface area contributed by atoms with E-state index in [1.807, 2.05) is 0 Å². The van der Waals surface area contributed by atoms with Gasteiger partial charge in [0.05, 0.1) is 13.1 Å². The van der Waals surface area contributed by atoms with Crippen LogP contribution in [0.2, 0.25) is 0 Å². The molecule has 0 saturated heterocycles. The summed E-state index contributed by atoms with van der Waals surface area (Å²) in [6.45, 7) is 0. The van der Waals surface area contributed by atoms with Gasteiger partial charge in [0.15, 0.2) is 0 Å². The molecule has 0 radical (unpaired) electrons. The summed E-state index contributed by atoms with van der Waals surface area (Å²) in [4.78, 5) is 20.1. The van der Waals surface area contributed by atoms with Crippen molar-refractivity contribution in [2.45, 2.75) is 0 Å². The molecule has 4 nitrogen and oxygen atoms in total. The van der Waals surface area contributed by atoms with Crippen molar-refractivity contribution in [2.24, 2.45) is 0 Å². The van der Waals surface area contributed by atoms with Crippen molar-refractivity contribution in [1.82, 2.24) is 0 Å². The highest BCUT2D eigenvalue weighted by atomic mass is 16.5. The number of carboxylic acids is 1. The zero-order valence-electron chi connectivity index (χ0n) is 5.94. The monoisotopic (exact) mass is 155 g/mol. The van der Waals surface area contributed by atoms with Crippen LogP contribution < -0.4 is 5.11 Å². The molecule has 0 aromatic heterocycles. The molecule has 0 aromatic rings. The SMILES string of the molecule is COC(=O)C=CC=CC(=O)[O-]. The van der Waals surface area contributed by atoms with E-state index in [4.69, 9.17) is 0 Å². The molecule has 0 aliphatic rings.